The van der Waals surface area contributed by atoms with Crippen LogP contribution in [0.2, 0.25) is 0 Å². The summed E-state index contributed by atoms with van der Waals surface area (Å²) in [5.74, 6) is 0.302. The highest BCUT2D eigenvalue weighted by Crippen LogP contribution is 2.24. The Bertz CT molecular complexity index is 974. The Morgan fingerprint density at radius 2 is 1.86 bits per heavy atom. The van der Waals surface area contributed by atoms with Crippen molar-refractivity contribution in [2.24, 2.45) is 0 Å². The summed E-state index contributed by atoms with van der Waals surface area (Å²) in [5, 5.41) is 4.65. The Morgan fingerprint density at radius 3 is 2.55 bits per heavy atom. The van der Waals surface area contributed by atoms with Crippen LogP contribution >= 0.6 is 11.8 Å². The largest absolute Gasteiger partial charge is 0.337 e. The van der Waals surface area contributed by atoms with Crippen LogP contribution in [0, 0.1) is 0 Å². The van der Waals surface area contributed by atoms with Gasteiger partial charge in [0.05, 0.1) is 4.91 Å². The second kappa shape index (κ2) is 8.27. The summed E-state index contributed by atoms with van der Waals surface area (Å²) in [4.78, 5) is 51.8. The molecule has 1 aromatic carbocycles. The van der Waals surface area contributed by atoms with Crippen LogP contribution in [0.1, 0.15) is 5.82 Å². The molecule has 2 aliphatic heterocycles. The molecular weight excluding hydrogens is 394 g/mol. The molecule has 0 aliphatic carbocycles. The Labute approximate surface area is 170 Å². The van der Waals surface area contributed by atoms with Crippen molar-refractivity contribution in [3.63, 3.8) is 0 Å². The second-order valence-electron chi connectivity index (χ2n) is 6.27. The zero-order chi connectivity index (χ0) is 20.2. The Hall–Kier alpha value is -3.47. The number of carbonyl (C=O) groups is 3. The summed E-state index contributed by atoms with van der Waals surface area (Å²) in [6, 6.07) is 9.15. The lowest BCUT2D eigenvalue weighted by Gasteiger charge is -2.34. The number of amides is 4. The number of anilines is 2. The smallest absolute Gasteiger partial charge is 0.321 e. The monoisotopic (exact) mass is 411 g/mol. The lowest BCUT2D eigenvalue weighted by atomic mass is 10.3. The fourth-order valence-corrected chi connectivity index (χ4v) is 3.55. The summed E-state index contributed by atoms with van der Waals surface area (Å²) in [6.45, 7) is 2.17. The molecule has 29 heavy (non-hydrogen) atoms. The number of nitrogens with one attached hydrogen (secondary N) is 2. The van der Waals surface area contributed by atoms with E-state index < -0.39 is 11.1 Å². The van der Waals surface area contributed by atoms with Crippen molar-refractivity contribution in [3.8, 4) is 0 Å². The van der Waals surface area contributed by atoms with Gasteiger partial charge in [0.15, 0.2) is 5.82 Å². The van der Waals surface area contributed by atoms with E-state index in [1.807, 2.05) is 35.2 Å². The average molecular weight is 411 g/mol. The highest BCUT2D eigenvalue weighted by Gasteiger charge is 2.26. The van der Waals surface area contributed by atoms with Crippen LogP contribution in [-0.4, -0.2) is 63.2 Å². The molecule has 0 spiro atoms. The summed E-state index contributed by atoms with van der Waals surface area (Å²) in [7, 11) is 0. The first kappa shape index (κ1) is 18.9. The van der Waals surface area contributed by atoms with Gasteiger partial charge in [0, 0.05) is 37.9 Å². The Kier molecular flexibility index (Phi) is 5.38. The van der Waals surface area contributed by atoms with Gasteiger partial charge in [0.25, 0.3) is 11.1 Å². The predicted molar refractivity (Wildman–Crippen MR) is 108 cm³/mol. The SMILES string of the molecule is O=C1NC(=O)/C(=C/c2ncnc(N3CCN(C(=O)Nc4ccccc4)CC3)n2)S1. The van der Waals surface area contributed by atoms with Crippen LogP contribution in [-0.2, 0) is 4.79 Å². The molecule has 4 amide bonds. The van der Waals surface area contributed by atoms with Crippen molar-refractivity contribution in [2.75, 3.05) is 36.4 Å². The van der Waals surface area contributed by atoms with Gasteiger partial charge < -0.3 is 15.1 Å². The molecular formula is C18H17N7O3S. The number of urea groups is 1. The van der Waals surface area contributed by atoms with Crippen molar-refractivity contribution in [3.05, 3.63) is 47.4 Å². The first-order chi connectivity index (χ1) is 14.1. The zero-order valence-electron chi connectivity index (χ0n) is 15.2. The lowest BCUT2D eigenvalue weighted by Crippen LogP contribution is -2.50. The summed E-state index contributed by atoms with van der Waals surface area (Å²) >= 11 is 0.810. The first-order valence-electron chi connectivity index (χ1n) is 8.88. The minimum absolute atomic E-state index is 0.147. The summed E-state index contributed by atoms with van der Waals surface area (Å²) < 4.78 is 0. The summed E-state index contributed by atoms with van der Waals surface area (Å²) in [6.07, 6.45) is 2.82. The minimum Gasteiger partial charge on any atom is -0.337 e. The molecule has 4 rings (SSSR count). The van der Waals surface area contributed by atoms with Crippen LogP contribution in [0.5, 0.6) is 0 Å². The van der Waals surface area contributed by atoms with Gasteiger partial charge in [-0.3, -0.25) is 14.9 Å². The first-order valence-corrected chi connectivity index (χ1v) is 9.70. The number of rotatable bonds is 3. The maximum atomic E-state index is 12.4. The molecule has 1 aromatic heterocycles. The quantitative estimate of drug-likeness (QED) is 0.730. The van der Waals surface area contributed by atoms with Crippen LogP contribution in [0.4, 0.5) is 21.2 Å². The van der Waals surface area contributed by atoms with E-state index in [1.165, 1.54) is 12.4 Å². The normalized spacial score (nSPS) is 18.1. The van der Waals surface area contributed by atoms with Gasteiger partial charge in [-0.05, 0) is 23.9 Å². The van der Waals surface area contributed by atoms with Gasteiger partial charge in [0.1, 0.15) is 6.33 Å². The van der Waals surface area contributed by atoms with Crippen LogP contribution in [0.3, 0.4) is 0 Å². The van der Waals surface area contributed by atoms with Gasteiger partial charge >= 0.3 is 6.03 Å². The highest BCUT2D eigenvalue weighted by atomic mass is 32.2. The van der Waals surface area contributed by atoms with Crippen molar-refractivity contribution < 1.29 is 14.4 Å². The van der Waals surface area contributed by atoms with Crippen LogP contribution in [0.25, 0.3) is 6.08 Å². The maximum Gasteiger partial charge on any atom is 0.321 e. The summed E-state index contributed by atoms with van der Waals surface area (Å²) in [5.41, 5.74) is 0.752. The van der Waals surface area contributed by atoms with Crippen molar-refractivity contribution in [1.29, 1.82) is 0 Å². The van der Waals surface area contributed by atoms with Crippen LogP contribution < -0.4 is 15.5 Å². The molecule has 148 valence electrons. The van der Waals surface area contributed by atoms with Crippen molar-refractivity contribution in [1.82, 2.24) is 25.2 Å². The third-order valence-electron chi connectivity index (χ3n) is 4.35. The van der Waals surface area contributed by atoms with Gasteiger partial charge in [-0.15, -0.1) is 0 Å². The lowest BCUT2D eigenvalue weighted by molar-refractivity contribution is -0.115. The van der Waals surface area contributed by atoms with Crippen molar-refractivity contribution in [2.45, 2.75) is 0 Å². The van der Waals surface area contributed by atoms with E-state index >= 15 is 0 Å². The molecule has 2 aliphatic rings. The molecule has 0 radical (unpaired) electrons. The molecule has 3 heterocycles. The van der Waals surface area contributed by atoms with Crippen LogP contribution in [0.15, 0.2) is 41.6 Å². The van der Waals surface area contributed by atoms with Gasteiger partial charge in [-0.25, -0.2) is 14.8 Å². The molecule has 0 bridgehead atoms. The molecule has 2 fully saturated rings. The number of hydrogen-bond donors (Lipinski definition) is 2. The van der Waals surface area contributed by atoms with E-state index in [9.17, 15) is 14.4 Å². The Balaban J connectivity index is 1.37. The number of imide groups is 1. The maximum absolute atomic E-state index is 12.4. The van der Waals surface area contributed by atoms with Gasteiger partial charge in [-0.1, -0.05) is 18.2 Å². The number of para-hydroxylation sites is 1. The zero-order valence-corrected chi connectivity index (χ0v) is 16.1. The van der Waals surface area contributed by atoms with E-state index in [1.54, 1.807) is 4.90 Å². The molecule has 2 N–H and O–H groups in total. The number of piperazine rings is 1. The van der Waals surface area contributed by atoms with E-state index in [0.29, 0.717) is 38.0 Å². The molecule has 11 heteroatoms. The molecule has 0 unspecified atom stereocenters. The van der Waals surface area contributed by atoms with Gasteiger partial charge in [0.2, 0.25) is 5.95 Å². The Morgan fingerprint density at radius 1 is 1.10 bits per heavy atom. The van der Waals surface area contributed by atoms with E-state index in [-0.39, 0.29) is 10.9 Å². The predicted octanol–water partition coefficient (Wildman–Crippen LogP) is 1.55. The average Bonchev–Trinajstić information content (AvgIpc) is 3.05. The molecule has 0 saturated carbocycles. The minimum atomic E-state index is -0.458. The third kappa shape index (κ3) is 4.51. The topological polar surface area (TPSA) is 120 Å². The third-order valence-corrected chi connectivity index (χ3v) is 5.17. The number of carbonyl (C=O) groups excluding carboxylic acids is 3. The van der Waals surface area contributed by atoms with E-state index in [4.69, 9.17) is 0 Å². The fourth-order valence-electron chi connectivity index (χ4n) is 2.89. The number of hydrogen-bond acceptors (Lipinski definition) is 8. The molecule has 2 aromatic rings. The molecule has 10 nitrogen and oxygen atoms in total. The highest BCUT2D eigenvalue weighted by molar-refractivity contribution is 8.18. The van der Waals surface area contributed by atoms with Gasteiger partial charge in [-0.2, -0.15) is 4.98 Å². The molecule has 2 saturated heterocycles. The van der Waals surface area contributed by atoms with Crippen molar-refractivity contribution >= 4 is 46.7 Å². The number of aromatic nitrogens is 3. The number of nitrogens with zero attached hydrogens (tertiary/aromatic N) is 5. The number of thioether (sulfide) groups is 1. The number of benzene rings is 1. The molecule has 0 atom stereocenters. The van der Waals surface area contributed by atoms with E-state index in [0.717, 1.165) is 17.4 Å². The standard InChI is InChI=1S/C18H17N7O3S/c26-15-13(29-18(28)23-15)10-14-19-11-20-16(22-14)24-6-8-25(9-7-24)17(27)21-12-4-2-1-3-5-12/h1-5,10-11H,6-9H2,(H,21,27)(H,23,26,28)/b13-10-. The second-order valence-corrected chi connectivity index (χ2v) is 7.28. The fraction of sp³-hybridized carbons (Fsp3) is 0.222. The van der Waals surface area contributed by atoms with E-state index in [2.05, 4.69) is 25.6 Å².